The van der Waals surface area contributed by atoms with E-state index in [0.29, 0.717) is 6.04 Å². The zero-order chi connectivity index (χ0) is 10.8. The second-order valence-electron chi connectivity index (χ2n) is 4.24. The van der Waals surface area contributed by atoms with Crippen LogP contribution in [0.1, 0.15) is 11.6 Å². The summed E-state index contributed by atoms with van der Waals surface area (Å²) in [6.07, 6.45) is 0. The Morgan fingerprint density at radius 1 is 1.06 bits per heavy atom. The summed E-state index contributed by atoms with van der Waals surface area (Å²) in [4.78, 5) is 0. The fourth-order valence-electron chi connectivity index (χ4n) is 2.25. The molecule has 2 heteroatoms. The number of nitrogens with zero attached hydrogens (tertiary/aromatic N) is 1. The van der Waals surface area contributed by atoms with Gasteiger partial charge in [-0.25, -0.2) is 5.32 Å². The molecule has 0 aromatic heterocycles. The van der Waals surface area contributed by atoms with Gasteiger partial charge in [-0.15, -0.1) is 0 Å². The fourth-order valence-corrected chi connectivity index (χ4v) is 2.25. The van der Waals surface area contributed by atoms with Gasteiger partial charge in [-0.2, -0.15) is 0 Å². The fraction of sp³-hybridized carbons (Fsp3) is 0.286. The monoisotopic (exact) mass is 211 g/mol. The molecule has 1 radical (unpaired) electrons. The van der Waals surface area contributed by atoms with Crippen LogP contribution in [-0.4, -0.2) is 19.6 Å². The third-order valence-corrected chi connectivity index (χ3v) is 3.15. The molecule has 0 spiro atoms. The second kappa shape index (κ2) is 4.24. The van der Waals surface area contributed by atoms with Crippen molar-refractivity contribution in [3.8, 4) is 0 Å². The Morgan fingerprint density at radius 2 is 1.94 bits per heavy atom. The third kappa shape index (κ3) is 1.82. The highest BCUT2D eigenvalue weighted by molar-refractivity contribution is 5.83. The third-order valence-electron chi connectivity index (χ3n) is 3.15. The predicted octanol–water partition coefficient (Wildman–Crippen LogP) is 2.09. The summed E-state index contributed by atoms with van der Waals surface area (Å²) in [5.41, 5.74) is 1.35. The van der Waals surface area contributed by atoms with Gasteiger partial charge < -0.3 is 5.32 Å². The minimum atomic E-state index is 0.401. The number of benzene rings is 2. The van der Waals surface area contributed by atoms with Gasteiger partial charge in [-0.1, -0.05) is 36.4 Å². The first-order valence-electron chi connectivity index (χ1n) is 5.79. The van der Waals surface area contributed by atoms with Crippen LogP contribution in [0.3, 0.4) is 0 Å². The summed E-state index contributed by atoms with van der Waals surface area (Å²) >= 11 is 0. The molecule has 0 bridgehead atoms. The summed E-state index contributed by atoms with van der Waals surface area (Å²) in [5.74, 6) is 0. The summed E-state index contributed by atoms with van der Waals surface area (Å²) in [7, 11) is 0. The quantitative estimate of drug-likeness (QED) is 0.768. The van der Waals surface area contributed by atoms with Crippen molar-refractivity contribution in [2.75, 3.05) is 19.6 Å². The van der Waals surface area contributed by atoms with E-state index in [2.05, 4.69) is 53.1 Å². The Labute approximate surface area is 95.7 Å². The van der Waals surface area contributed by atoms with E-state index in [9.17, 15) is 0 Å². The van der Waals surface area contributed by atoms with E-state index in [-0.39, 0.29) is 0 Å². The average molecular weight is 211 g/mol. The Bertz CT molecular complexity index is 487. The van der Waals surface area contributed by atoms with Gasteiger partial charge in [0.25, 0.3) is 0 Å². The molecule has 2 aromatic carbocycles. The van der Waals surface area contributed by atoms with Gasteiger partial charge in [-0.3, -0.25) is 0 Å². The van der Waals surface area contributed by atoms with E-state index in [1.807, 2.05) is 0 Å². The van der Waals surface area contributed by atoms with Crippen LogP contribution in [0, 0.1) is 0 Å². The molecule has 1 unspecified atom stereocenters. The van der Waals surface area contributed by atoms with Crippen LogP contribution in [0.2, 0.25) is 0 Å². The highest BCUT2D eigenvalue weighted by atomic mass is 15.1. The van der Waals surface area contributed by atoms with Crippen LogP contribution in [0.25, 0.3) is 10.8 Å². The van der Waals surface area contributed by atoms with Crippen molar-refractivity contribution in [2.45, 2.75) is 6.04 Å². The zero-order valence-corrected chi connectivity index (χ0v) is 9.19. The molecule has 16 heavy (non-hydrogen) atoms. The maximum absolute atomic E-state index is 4.45. The van der Waals surface area contributed by atoms with E-state index < -0.39 is 0 Å². The molecule has 0 amide bonds. The first-order chi connectivity index (χ1) is 7.93. The Kier molecular flexibility index (Phi) is 2.60. The first kappa shape index (κ1) is 9.82. The van der Waals surface area contributed by atoms with E-state index in [1.165, 1.54) is 16.3 Å². The van der Waals surface area contributed by atoms with Gasteiger partial charge in [0.1, 0.15) is 0 Å². The molecular formula is C14H15N2. The van der Waals surface area contributed by atoms with Crippen molar-refractivity contribution >= 4 is 10.8 Å². The SMILES string of the molecule is c1ccc2cc(C3C[N]CCN3)ccc2c1. The summed E-state index contributed by atoms with van der Waals surface area (Å²) in [6.45, 7) is 2.85. The maximum Gasteiger partial charge on any atom is 0.0464 e. The molecule has 2 nitrogen and oxygen atoms in total. The molecule has 3 rings (SSSR count). The van der Waals surface area contributed by atoms with Crippen molar-refractivity contribution in [1.82, 2.24) is 10.6 Å². The second-order valence-corrected chi connectivity index (χ2v) is 4.24. The molecule has 1 heterocycles. The number of nitrogens with one attached hydrogen (secondary N) is 1. The van der Waals surface area contributed by atoms with E-state index in [4.69, 9.17) is 0 Å². The predicted molar refractivity (Wildman–Crippen MR) is 66.6 cm³/mol. The molecule has 1 aliphatic heterocycles. The van der Waals surface area contributed by atoms with Crippen molar-refractivity contribution in [3.05, 3.63) is 48.0 Å². The minimum Gasteiger partial charge on any atom is -0.307 e. The summed E-state index contributed by atoms with van der Waals surface area (Å²) in [6, 6.07) is 15.6. The van der Waals surface area contributed by atoms with Crippen molar-refractivity contribution in [3.63, 3.8) is 0 Å². The van der Waals surface area contributed by atoms with Crippen LogP contribution in [0.4, 0.5) is 0 Å². The zero-order valence-electron chi connectivity index (χ0n) is 9.19. The van der Waals surface area contributed by atoms with Gasteiger partial charge in [0.2, 0.25) is 0 Å². The number of hydrogen-bond acceptors (Lipinski definition) is 1. The lowest BCUT2D eigenvalue weighted by molar-refractivity contribution is 0.424. The minimum absolute atomic E-state index is 0.401. The van der Waals surface area contributed by atoms with Crippen LogP contribution in [-0.2, 0) is 0 Å². The Hall–Kier alpha value is -1.38. The largest absolute Gasteiger partial charge is 0.307 e. The number of rotatable bonds is 1. The van der Waals surface area contributed by atoms with Crippen LogP contribution < -0.4 is 10.6 Å². The number of fused-ring (bicyclic) bond motifs is 1. The van der Waals surface area contributed by atoms with Crippen LogP contribution >= 0.6 is 0 Å². The number of piperazine rings is 1. The van der Waals surface area contributed by atoms with Gasteiger partial charge in [-0.05, 0) is 22.4 Å². The van der Waals surface area contributed by atoms with Crippen molar-refractivity contribution < 1.29 is 0 Å². The Morgan fingerprint density at radius 3 is 2.75 bits per heavy atom. The standard InChI is InChI=1S/C14H15N2/c1-2-4-12-9-13(6-5-11(12)3-1)14-10-15-7-8-16-14/h1-6,9,14,16H,7-8,10H2. The topological polar surface area (TPSA) is 26.1 Å². The smallest absolute Gasteiger partial charge is 0.0464 e. The highest BCUT2D eigenvalue weighted by Crippen LogP contribution is 2.20. The molecule has 1 fully saturated rings. The molecule has 1 N–H and O–H groups in total. The number of hydrogen-bond donors (Lipinski definition) is 1. The molecular weight excluding hydrogens is 196 g/mol. The van der Waals surface area contributed by atoms with Gasteiger partial charge >= 0.3 is 0 Å². The lowest BCUT2D eigenvalue weighted by Gasteiger charge is -2.23. The van der Waals surface area contributed by atoms with E-state index >= 15 is 0 Å². The summed E-state index contributed by atoms with van der Waals surface area (Å²) < 4.78 is 0. The molecule has 0 aliphatic carbocycles. The normalized spacial score (nSPS) is 21.1. The van der Waals surface area contributed by atoms with Gasteiger partial charge in [0.15, 0.2) is 0 Å². The molecule has 2 aromatic rings. The summed E-state index contributed by atoms with van der Waals surface area (Å²) in [5, 5.41) is 10.6. The van der Waals surface area contributed by atoms with E-state index in [1.54, 1.807) is 0 Å². The van der Waals surface area contributed by atoms with Crippen molar-refractivity contribution in [2.24, 2.45) is 0 Å². The average Bonchev–Trinajstić information content (AvgIpc) is 2.39. The van der Waals surface area contributed by atoms with Crippen molar-refractivity contribution in [1.29, 1.82) is 0 Å². The van der Waals surface area contributed by atoms with E-state index in [0.717, 1.165) is 19.6 Å². The molecule has 1 atom stereocenters. The molecule has 1 aliphatic rings. The maximum atomic E-state index is 4.45. The molecule has 81 valence electrons. The Balaban J connectivity index is 1.97. The van der Waals surface area contributed by atoms with Crippen LogP contribution in [0.15, 0.2) is 42.5 Å². The highest BCUT2D eigenvalue weighted by Gasteiger charge is 2.14. The van der Waals surface area contributed by atoms with Crippen LogP contribution in [0.5, 0.6) is 0 Å². The molecule has 0 saturated carbocycles. The lowest BCUT2D eigenvalue weighted by atomic mass is 10.0. The van der Waals surface area contributed by atoms with Gasteiger partial charge in [0, 0.05) is 25.7 Å². The molecule has 1 saturated heterocycles. The first-order valence-corrected chi connectivity index (χ1v) is 5.79. The lowest BCUT2D eigenvalue weighted by Crippen LogP contribution is -2.38. The van der Waals surface area contributed by atoms with Gasteiger partial charge in [0.05, 0.1) is 0 Å².